The lowest BCUT2D eigenvalue weighted by Crippen LogP contribution is -2.25. The van der Waals surface area contributed by atoms with Crippen molar-refractivity contribution in [3.05, 3.63) is 106 Å². The van der Waals surface area contributed by atoms with E-state index in [2.05, 4.69) is 45.4 Å². The van der Waals surface area contributed by atoms with E-state index in [-0.39, 0.29) is 29.6 Å². The molecular formula is C28H28N8O. The second kappa shape index (κ2) is 9.69. The molecule has 0 saturated heterocycles. The summed E-state index contributed by atoms with van der Waals surface area (Å²) in [6, 6.07) is 15.9. The van der Waals surface area contributed by atoms with Crippen LogP contribution in [0.25, 0.3) is 16.5 Å². The van der Waals surface area contributed by atoms with Crippen molar-refractivity contribution in [1.82, 2.24) is 24.7 Å². The maximum absolute atomic E-state index is 14.0. The van der Waals surface area contributed by atoms with Gasteiger partial charge in [0.25, 0.3) is 5.56 Å². The molecule has 5 N–H and O–H groups in total. The number of fused-ring (bicyclic) bond motifs is 1. The molecular weight excluding hydrogens is 464 g/mol. The van der Waals surface area contributed by atoms with E-state index >= 15 is 0 Å². The first kappa shape index (κ1) is 23.9. The number of benzene rings is 2. The Morgan fingerprint density at radius 3 is 2.73 bits per heavy atom. The Morgan fingerprint density at radius 1 is 1.16 bits per heavy atom. The Kier molecular flexibility index (Phi) is 6.27. The lowest BCUT2D eigenvalue weighted by Gasteiger charge is -2.21. The van der Waals surface area contributed by atoms with Gasteiger partial charge in [-0.1, -0.05) is 50.2 Å². The van der Waals surface area contributed by atoms with Gasteiger partial charge in [0.1, 0.15) is 18.0 Å². The number of nitrogens with zero attached hydrogens (tertiary/aromatic N) is 4. The SMILES string of the molecule is Cc1cccc2cc(CNc3ncnc(N)c3C(=N)c3cn[nH]c3)n(-c3ccccc3C(C)C)c(=O)c12. The molecule has 0 aliphatic heterocycles. The molecule has 3 aromatic heterocycles. The monoisotopic (exact) mass is 492 g/mol. The van der Waals surface area contributed by atoms with Crippen molar-refractivity contribution in [2.75, 3.05) is 11.1 Å². The molecule has 186 valence electrons. The highest BCUT2D eigenvalue weighted by Crippen LogP contribution is 2.27. The van der Waals surface area contributed by atoms with Crippen LogP contribution in [0.1, 0.15) is 47.7 Å². The fourth-order valence-electron chi connectivity index (χ4n) is 4.65. The predicted molar refractivity (Wildman–Crippen MR) is 147 cm³/mol. The lowest BCUT2D eigenvalue weighted by molar-refractivity contribution is 0.819. The molecule has 5 rings (SSSR count). The van der Waals surface area contributed by atoms with Gasteiger partial charge >= 0.3 is 0 Å². The molecule has 3 heterocycles. The van der Waals surface area contributed by atoms with Crippen molar-refractivity contribution < 1.29 is 0 Å². The number of rotatable bonds is 7. The van der Waals surface area contributed by atoms with Crippen molar-refractivity contribution in [2.45, 2.75) is 33.2 Å². The minimum absolute atomic E-state index is 0.0749. The van der Waals surface area contributed by atoms with Crippen LogP contribution in [0.4, 0.5) is 11.6 Å². The van der Waals surface area contributed by atoms with E-state index in [1.165, 1.54) is 6.33 Å². The first-order valence-electron chi connectivity index (χ1n) is 12.0. The summed E-state index contributed by atoms with van der Waals surface area (Å²) in [5.74, 6) is 0.805. The molecule has 37 heavy (non-hydrogen) atoms. The highest BCUT2D eigenvalue weighted by molar-refractivity contribution is 6.15. The molecule has 0 saturated carbocycles. The van der Waals surface area contributed by atoms with E-state index in [0.29, 0.717) is 22.3 Å². The van der Waals surface area contributed by atoms with Gasteiger partial charge in [-0.3, -0.25) is 19.9 Å². The van der Waals surface area contributed by atoms with Gasteiger partial charge in [-0.25, -0.2) is 9.97 Å². The smallest absolute Gasteiger partial charge is 0.263 e. The van der Waals surface area contributed by atoms with Crippen LogP contribution in [0.5, 0.6) is 0 Å². The highest BCUT2D eigenvalue weighted by Gasteiger charge is 2.19. The van der Waals surface area contributed by atoms with Gasteiger partial charge in [-0.2, -0.15) is 5.10 Å². The predicted octanol–water partition coefficient (Wildman–Crippen LogP) is 4.55. The zero-order chi connectivity index (χ0) is 26.1. The third-order valence-electron chi connectivity index (χ3n) is 6.48. The molecule has 0 amide bonds. The number of aromatic nitrogens is 5. The Bertz CT molecular complexity index is 1670. The summed E-state index contributed by atoms with van der Waals surface area (Å²) in [6.45, 7) is 6.46. The van der Waals surface area contributed by atoms with Crippen LogP contribution in [-0.4, -0.2) is 30.4 Å². The topological polar surface area (TPSA) is 138 Å². The molecule has 0 atom stereocenters. The molecule has 0 bridgehead atoms. The fourth-order valence-corrected chi connectivity index (χ4v) is 4.65. The van der Waals surface area contributed by atoms with E-state index in [0.717, 1.165) is 27.9 Å². The number of hydrogen-bond acceptors (Lipinski definition) is 7. The van der Waals surface area contributed by atoms with Gasteiger partial charge in [-0.05, 0) is 41.5 Å². The summed E-state index contributed by atoms with van der Waals surface area (Å²) in [5.41, 5.74) is 10.8. The second-order valence-electron chi connectivity index (χ2n) is 9.23. The average Bonchev–Trinajstić information content (AvgIpc) is 3.42. The number of H-pyrrole nitrogens is 1. The highest BCUT2D eigenvalue weighted by atomic mass is 16.1. The number of para-hydroxylation sites is 1. The molecule has 2 aromatic carbocycles. The van der Waals surface area contributed by atoms with Crippen LogP contribution in [-0.2, 0) is 6.54 Å². The summed E-state index contributed by atoms with van der Waals surface area (Å²) < 4.78 is 1.78. The number of aryl methyl sites for hydroxylation is 1. The van der Waals surface area contributed by atoms with Crippen molar-refractivity contribution in [1.29, 1.82) is 5.41 Å². The van der Waals surface area contributed by atoms with E-state index < -0.39 is 0 Å². The molecule has 9 nitrogen and oxygen atoms in total. The van der Waals surface area contributed by atoms with Crippen LogP contribution in [0, 0.1) is 12.3 Å². The number of hydrogen-bond donors (Lipinski definition) is 4. The number of anilines is 2. The van der Waals surface area contributed by atoms with Crippen molar-refractivity contribution in [3.8, 4) is 5.69 Å². The molecule has 0 aliphatic rings. The third-order valence-corrected chi connectivity index (χ3v) is 6.48. The Balaban J connectivity index is 1.65. The summed E-state index contributed by atoms with van der Waals surface area (Å²) in [5, 5.41) is 20.2. The third kappa shape index (κ3) is 4.35. The maximum atomic E-state index is 14.0. The van der Waals surface area contributed by atoms with Gasteiger partial charge in [-0.15, -0.1) is 0 Å². The number of aromatic amines is 1. The molecule has 0 aliphatic carbocycles. The molecule has 5 aromatic rings. The van der Waals surface area contributed by atoms with E-state index in [1.54, 1.807) is 17.0 Å². The Labute approximate surface area is 213 Å². The largest absolute Gasteiger partial charge is 0.383 e. The first-order chi connectivity index (χ1) is 17.9. The van der Waals surface area contributed by atoms with Crippen LogP contribution in [0.15, 0.2) is 72.0 Å². The molecule has 9 heteroatoms. The standard InChI is InChI=1S/C28H28N8O/c1-16(2)21-9-4-5-10-22(21)36-20(11-18-8-6-7-17(3)23(18)28(36)37)14-31-27-24(26(30)32-15-33-27)25(29)19-12-34-35-13-19/h4-13,15-16,29H,14H2,1-3H3,(H,34,35)(H3,30,31,32,33). The van der Waals surface area contributed by atoms with Gasteiger partial charge in [0.05, 0.1) is 35.1 Å². The van der Waals surface area contributed by atoms with Gasteiger partial charge in [0, 0.05) is 17.5 Å². The van der Waals surface area contributed by atoms with E-state index in [4.69, 9.17) is 11.1 Å². The molecule has 0 unspecified atom stereocenters. The molecule has 0 radical (unpaired) electrons. The summed E-state index contributed by atoms with van der Waals surface area (Å²) in [4.78, 5) is 22.4. The molecule has 0 spiro atoms. The summed E-state index contributed by atoms with van der Waals surface area (Å²) in [6.07, 6.45) is 4.52. The maximum Gasteiger partial charge on any atom is 0.263 e. The number of pyridine rings is 1. The van der Waals surface area contributed by atoms with Crippen LogP contribution < -0.4 is 16.6 Å². The fraction of sp³-hybridized carbons (Fsp3) is 0.179. The van der Waals surface area contributed by atoms with Crippen LogP contribution >= 0.6 is 0 Å². The molecule has 0 fully saturated rings. The Hall–Kier alpha value is -4.79. The number of nitrogen functional groups attached to an aromatic ring is 1. The van der Waals surface area contributed by atoms with E-state index in [9.17, 15) is 4.79 Å². The van der Waals surface area contributed by atoms with Crippen molar-refractivity contribution in [2.24, 2.45) is 0 Å². The van der Waals surface area contributed by atoms with Gasteiger partial charge in [0.15, 0.2) is 0 Å². The van der Waals surface area contributed by atoms with Gasteiger partial charge < -0.3 is 11.1 Å². The van der Waals surface area contributed by atoms with Crippen LogP contribution in [0.3, 0.4) is 0 Å². The zero-order valence-corrected chi connectivity index (χ0v) is 20.9. The van der Waals surface area contributed by atoms with E-state index in [1.807, 2.05) is 49.4 Å². The number of nitrogens with one attached hydrogen (secondary N) is 3. The second-order valence-corrected chi connectivity index (χ2v) is 9.23. The zero-order valence-electron chi connectivity index (χ0n) is 20.9. The number of nitrogens with two attached hydrogens (primary N) is 1. The summed E-state index contributed by atoms with van der Waals surface area (Å²) in [7, 11) is 0. The first-order valence-corrected chi connectivity index (χ1v) is 12.0. The lowest BCUT2D eigenvalue weighted by atomic mass is 10.00. The quantitative estimate of drug-likeness (QED) is 0.246. The average molecular weight is 493 g/mol. The Morgan fingerprint density at radius 2 is 1.97 bits per heavy atom. The van der Waals surface area contributed by atoms with Crippen molar-refractivity contribution >= 4 is 28.1 Å². The minimum Gasteiger partial charge on any atom is -0.383 e. The normalized spacial score (nSPS) is 11.2. The van der Waals surface area contributed by atoms with Crippen LogP contribution in [0.2, 0.25) is 0 Å². The van der Waals surface area contributed by atoms with Gasteiger partial charge in [0.2, 0.25) is 0 Å². The van der Waals surface area contributed by atoms with Crippen molar-refractivity contribution in [3.63, 3.8) is 0 Å². The summed E-state index contributed by atoms with van der Waals surface area (Å²) >= 11 is 0. The minimum atomic E-state index is -0.0749.